The van der Waals surface area contributed by atoms with Crippen LogP contribution in [0, 0.1) is 5.82 Å². The topological polar surface area (TPSA) is 21.3 Å². The lowest BCUT2D eigenvalue weighted by atomic mass is 10.1. The van der Waals surface area contributed by atoms with Gasteiger partial charge in [0, 0.05) is 11.6 Å². The van der Waals surface area contributed by atoms with Crippen molar-refractivity contribution in [3.63, 3.8) is 0 Å². The molecule has 0 aliphatic rings. The molecule has 0 bridgehead atoms. The Morgan fingerprint density at radius 3 is 2.57 bits per heavy atom. The van der Waals surface area contributed by atoms with Crippen LogP contribution >= 0.6 is 0 Å². The van der Waals surface area contributed by atoms with Gasteiger partial charge in [0.1, 0.15) is 11.6 Å². The number of ether oxygens (including phenoxy) is 1. The Morgan fingerprint density at radius 1 is 1.10 bits per heavy atom. The molecule has 2 nitrogen and oxygen atoms in total. The van der Waals surface area contributed by atoms with Crippen molar-refractivity contribution in [3.05, 3.63) is 65.5 Å². The third-order valence-electron chi connectivity index (χ3n) is 3.49. The van der Waals surface area contributed by atoms with E-state index in [0.717, 1.165) is 23.4 Å². The molecule has 2 aromatic carbocycles. The van der Waals surface area contributed by atoms with Crippen LogP contribution in [-0.4, -0.2) is 13.2 Å². The highest BCUT2D eigenvalue weighted by Gasteiger charge is 2.10. The van der Waals surface area contributed by atoms with E-state index < -0.39 is 0 Å². The van der Waals surface area contributed by atoms with Gasteiger partial charge in [-0.15, -0.1) is 0 Å². The number of hydrogen-bond acceptors (Lipinski definition) is 2. The second kappa shape index (κ2) is 7.79. The van der Waals surface area contributed by atoms with Gasteiger partial charge in [-0.1, -0.05) is 36.4 Å². The quantitative estimate of drug-likeness (QED) is 0.827. The zero-order valence-corrected chi connectivity index (χ0v) is 12.6. The number of nitrogens with one attached hydrogen (secondary N) is 1. The maximum Gasteiger partial charge on any atom is 0.126 e. The number of para-hydroxylation sites is 1. The Kier molecular flexibility index (Phi) is 5.76. The molecule has 0 amide bonds. The average molecular weight is 287 g/mol. The van der Waals surface area contributed by atoms with Crippen LogP contribution in [0.15, 0.2) is 48.5 Å². The van der Waals surface area contributed by atoms with Gasteiger partial charge in [0.05, 0.1) is 6.61 Å². The molecule has 21 heavy (non-hydrogen) atoms. The van der Waals surface area contributed by atoms with Gasteiger partial charge in [-0.25, -0.2) is 4.39 Å². The summed E-state index contributed by atoms with van der Waals surface area (Å²) in [5.74, 6) is 0.771. The second-order valence-corrected chi connectivity index (χ2v) is 4.99. The normalized spacial score (nSPS) is 12.1. The molecule has 2 rings (SSSR count). The largest absolute Gasteiger partial charge is 0.494 e. The second-order valence-electron chi connectivity index (χ2n) is 4.99. The van der Waals surface area contributed by atoms with Crippen molar-refractivity contribution in [1.29, 1.82) is 0 Å². The minimum atomic E-state index is -0.137. The van der Waals surface area contributed by atoms with E-state index in [9.17, 15) is 4.39 Å². The van der Waals surface area contributed by atoms with Crippen molar-refractivity contribution in [2.24, 2.45) is 0 Å². The third-order valence-corrected chi connectivity index (χ3v) is 3.49. The maximum absolute atomic E-state index is 13.6. The molecule has 3 heteroatoms. The molecule has 0 spiro atoms. The van der Waals surface area contributed by atoms with Crippen LogP contribution in [0.4, 0.5) is 4.39 Å². The van der Waals surface area contributed by atoms with Crippen molar-refractivity contribution in [3.8, 4) is 5.75 Å². The number of benzene rings is 2. The average Bonchev–Trinajstić information content (AvgIpc) is 2.50. The number of rotatable bonds is 7. The lowest BCUT2D eigenvalue weighted by Gasteiger charge is -2.18. The van der Waals surface area contributed by atoms with Gasteiger partial charge in [0.25, 0.3) is 0 Å². The predicted octanol–water partition coefficient (Wildman–Crippen LogP) is 4.12. The van der Waals surface area contributed by atoms with Crippen molar-refractivity contribution >= 4 is 0 Å². The molecular formula is C18H22FNO. The van der Waals surface area contributed by atoms with Gasteiger partial charge in [0.15, 0.2) is 0 Å². The van der Waals surface area contributed by atoms with E-state index in [0.29, 0.717) is 13.0 Å². The molecule has 0 radical (unpaired) electrons. The van der Waals surface area contributed by atoms with Gasteiger partial charge in [-0.05, 0) is 44.5 Å². The third kappa shape index (κ3) is 4.30. The predicted molar refractivity (Wildman–Crippen MR) is 84.1 cm³/mol. The fourth-order valence-corrected chi connectivity index (χ4v) is 2.36. The summed E-state index contributed by atoms with van der Waals surface area (Å²) >= 11 is 0. The van der Waals surface area contributed by atoms with E-state index in [1.54, 1.807) is 6.07 Å². The molecule has 1 atom stereocenters. The Bertz CT molecular complexity index is 571. The molecular weight excluding hydrogens is 265 g/mol. The van der Waals surface area contributed by atoms with Crippen LogP contribution in [-0.2, 0) is 6.42 Å². The lowest BCUT2D eigenvalue weighted by Crippen LogP contribution is -2.22. The number of hydrogen-bond donors (Lipinski definition) is 1. The van der Waals surface area contributed by atoms with Crippen molar-refractivity contribution in [1.82, 2.24) is 5.32 Å². The Balaban J connectivity index is 1.93. The van der Waals surface area contributed by atoms with E-state index in [1.165, 1.54) is 6.07 Å². The van der Waals surface area contributed by atoms with Gasteiger partial charge < -0.3 is 10.1 Å². The van der Waals surface area contributed by atoms with Crippen LogP contribution in [0.3, 0.4) is 0 Å². The first-order valence-corrected chi connectivity index (χ1v) is 7.41. The molecule has 0 aromatic heterocycles. The molecule has 0 heterocycles. The maximum atomic E-state index is 13.6. The molecule has 0 aliphatic heterocycles. The van der Waals surface area contributed by atoms with Crippen molar-refractivity contribution < 1.29 is 9.13 Å². The van der Waals surface area contributed by atoms with Crippen LogP contribution < -0.4 is 10.1 Å². The molecule has 0 aliphatic carbocycles. The first-order chi connectivity index (χ1) is 10.2. The summed E-state index contributed by atoms with van der Waals surface area (Å²) in [6.45, 7) is 5.45. The highest BCUT2D eigenvalue weighted by Crippen LogP contribution is 2.24. The zero-order valence-electron chi connectivity index (χ0n) is 12.6. The summed E-state index contributed by atoms with van der Waals surface area (Å²) in [4.78, 5) is 0. The molecule has 2 aromatic rings. The van der Waals surface area contributed by atoms with Crippen LogP contribution in [0.1, 0.15) is 31.0 Å². The Hall–Kier alpha value is -1.87. The summed E-state index contributed by atoms with van der Waals surface area (Å²) in [6, 6.07) is 15.1. The fraction of sp³-hybridized carbons (Fsp3) is 0.333. The summed E-state index contributed by atoms with van der Waals surface area (Å²) in [6.07, 6.45) is 0.674. The summed E-state index contributed by atoms with van der Waals surface area (Å²) in [7, 11) is 0. The first kappa shape index (κ1) is 15.5. The van der Waals surface area contributed by atoms with E-state index in [1.807, 2.05) is 37.3 Å². The van der Waals surface area contributed by atoms with Crippen molar-refractivity contribution in [2.75, 3.05) is 13.2 Å². The zero-order chi connectivity index (χ0) is 15.1. The fourth-order valence-electron chi connectivity index (χ4n) is 2.36. The van der Waals surface area contributed by atoms with E-state index in [2.05, 4.69) is 18.3 Å². The minimum Gasteiger partial charge on any atom is -0.494 e. The van der Waals surface area contributed by atoms with Crippen LogP contribution in [0.5, 0.6) is 5.75 Å². The Labute approximate surface area is 126 Å². The molecule has 1 unspecified atom stereocenters. The van der Waals surface area contributed by atoms with Gasteiger partial charge in [0.2, 0.25) is 0 Å². The smallest absolute Gasteiger partial charge is 0.126 e. The van der Waals surface area contributed by atoms with Gasteiger partial charge >= 0.3 is 0 Å². The number of halogens is 1. The summed E-state index contributed by atoms with van der Waals surface area (Å²) in [5, 5.41) is 3.43. The van der Waals surface area contributed by atoms with Crippen molar-refractivity contribution in [2.45, 2.75) is 26.3 Å². The monoisotopic (exact) mass is 287 g/mol. The molecule has 0 fully saturated rings. The minimum absolute atomic E-state index is 0.137. The highest BCUT2D eigenvalue weighted by atomic mass is 19.1. The van der Waals surface area contributed by atoms with Gasteiger partial charge in [-0.2, -0.15) is 0 Å². The molecule has 0 saturated carbocycles. The highest BCUT2D eigenvalue weighted by molar-refractivity contribution is 5.35. The van der Waals surface area contributed by atoms with Crippen LogP contribution in [0.25, 0.3) is 0 Å². The SMILES string of the molecule is CCOc1ccccc1C(C)NCCc1ccccc1F. The first-order valence-electron chi connectivity index (χ1n) is 7.41. The summed E-state index contributed by atoms with van der Waals surface area (Å²) < 4.78 is 19.2. The van der Waals surface area contributed by atoms with Gasteiger partial charge in [-0.3, -0.25) is 0 Å². The van der Waals surface area contributed by atoms with Crippen LogP contribution in [0.2, 0.25) is 0 Å². The summed E-state index contributed by atoms with van der Waals surface area (Å²) in [5.41, 5.74) is 1.88. The van der Waals surface area contributed by atoms with E-state index in [4.69, 9.17) is 4.74 Å². The molecule has 0 saturated heterocycles. The van der Waals surface area contributed by atoms with E-state index >= 15 is 0 Å². The lowest BCUT2D eigenvalue weighted by molar-refractivity contribution is 0.332. The Morgan fingerprint density at radius 2 is 1.81 bits per heavy atom. The molecule has 112 valence electrons. The standard InChI is InChI=1S/C18H22FNO/c1-3-21-18-11-7-5-9-16(18)14(2)20-13-12-15-8-4-6-10-17(15)19/h4-11,14,20H,3,12-13H2,1-2H3. The van der Waals surface area contributed by atoms with E-state index in [-0.39, 0.29) is 11.9 Å². The molecule has 1 N–H and O–H groups in total.